The number of methoxy groups -OCH3 is 1. The number of nitrogens with zero attached hydrogens (tertiary/aromatic N) is 4. The van der Waals surface area contributed by atoms with Gasteiger partial charge < -0.3 is 4.74 Å². The minimum atomic E-state index is -1.50. The lowest BCUT2D eigenvalue weighted by Crippen LogP contribution is -2.31. The number of ether oxygens (including phenoxy) is 1. The van der Waals surface area contributed by atoms with E-state index < -0.39 is 11.6 Å². The number of carbonyl (C=O) groups is 1. The summed E-state index contributed by atoms with van der Waals surface area (Å²) in [6.07, 6.45) is 1.18. The molecule has 0 amide bonds. The van der Waals surface area contributed by atoms with Gasteiger partial charge in [0.1, 0.15) is 12.0 Å². The lowest BCUT2D eigenvalue weighted by molar-refractivity contribution is -0.147. The molecule has 15 heavy (non-hydrogen) atoms. The summed E-state index contributed by atoms with van der Waals surface area (Å²) in [5.41, 5.74) is -1.18. The number of azo groups is 1. The van der Waals surface area contributed by atoms with Crippen LogP contribution in [0.4, 0.5) is 0 Å². The number of hydrogen-bond donors (Lipinski definition) is 0. The number of rotatable bonds is 2. The molecule has 1 aromatic rings. The van der Waals surface area contributed by atoms with Crippen LogP contribution in [0.1, 0.15) is 5.69 Å². The highest BCUT2D eigenvalue weighted by atomic mass is 35.5. The van der Waals surface area contributed by atoms with Gasteiger partial charge in [-0.15, -0.1) is 21.6 Å². The third kappa shape index (κ3) is 1.53. The Hall–Kier alpha value is -1.34. The molecule has 0 fully saturated rings. The Morgan fingerprint density at radius 2 is 2.47 bits per heavy atom. The predicted octanol–water partition coefficient (Wildman–Crippen LogP) is 1.62. The van der Waals surface area contributed by atoms with Gasteiger partial charge in [0.05, 0.1) is 7.11 Å². The van der Waals surface area contributed by atoms with Crippen LogP contribution in [0.3, 0.4) is 0 Å². The fraction of sp³-hybridized carbons (Fsp3) is 0.286. The van der Waals surface area contributed by atoms with Crippen LogP contribution in [-0.4, -0.2) is 24.4 Å². The van der Waals surface area contributed by atoms with Gasteiger partial charge in [-0.2, -0.15) is 0 Å². The van der Waals surface area contributed by atoms with Gasteiger partial charge >= 0.3 is 11.6 Å². The molecule has 78 valence electrons. The molecule has 0 radical (unpaired) electrons. The molecular weight excluding hydrogens is 240 g/mol. The molecule has 1 aromatic heterocycles. The Labute approximate surface area is 93.7 Å². The van der Waals surface area contributed by atoms with Crippen molar-refractivity contribution >= 4 is 35.2 Å². The lowest BCUT2D eigenvalue weighted by atomic mass is 10.1. The molecule has 0 saturated carbocycles. The maximum atomic E-state index is 11.6. The molecule has 1 aliphatic heterocycles. The predicted molar refractivity (Wildman–Crippen MR) is 54.2 cm³/mol. The van der Waals surface area contributed by atoms with Gasteiger partial charge in [0, 0.05) is 5.38 Å². The minimum Gasteiger partial charge on any atom is -0.465 e. The molecule has 0 aliphatic carbocycles. The number of halogens is 1. The average molecular weight is 245 g/mol. The van der Waals surface area contributed by atoms with E-state index in [-0.39, 0.29) is 0 Å². The fourth-order valence-electron chi connectivity index (χ4n) is 1.11. The van der Waals surface area contributed by atoms with E-state index in [4.69, 9.17) is 11.6 Å². The molecule has 1 aliphatic rings. The Bertz CT molecular complexity index is 444. The van der Waals surface area contributed by atoms with Crippen LogP contribution in [-0.2, 0) is 15.2 Å². The van der Waals surface area contributed by atoms with Crippen LogP contribution in [0.5, 0.6) is 0 Å². The summed E-state index contributed by atoms with van der Waals surface area (Å²) in [5, 5.41) is 8.88. The highest BCUT2D eigenvalue weighted by molar-refractivity contribution is 7.14. The second-order valence-corrected chi connectivity index (χ2v) is 4.05. The first-order valence-corrected chi connectivity index (χ1v) is 5.10. The summed E-state index contributed by atoms with van der Waals surface area (Å²) < 4.78 is 4.93. The van der Waals surface area contributed by atoms with E-state index in [0.29, 0.717) is 10.2 Å². The summed E-state index contributed by atoms with van der Waals surface area (Å²) in [6.45, 7) is 0. The van der Waals surface area contributed by atoms with Crippen molar-refractivity contribution in [3.05, 3.63) is 15.5 Å². The fourth-order valence-corrected chi connectivity index (χ4v) is 1.92. The highest BCUT2D eigenvalue weighted by Gasteiger charge is 2.46. The molecule has 8 heteroatoms. The van der Waals surface area contributed by atoms with Gasteiger partial charge in [-0.3, -0.25) is 0 Å². The summed E-state index contributed by atoms with van der Waals surface area (Å²) >= 11 is 6.87. The van der Waals surface area contributed by atoms with Crippen LogP contribution in [0.2, 0.25) is 4.47 Å². The van der Waals surface area contributed by atoms with Crippen molar-refractivity contribution in [2.45, 2.75) is 5.66 Å². The Balaban J connectivity index is 2.49. The second kappa shape index (κ2) is 3.67. The smallest absolute Gasteiger partial charge is 0.365 e. The van der Waals surface area contributed by atoms with Crippen molar-refractivity contribution in [3.8, 4) is 0 Å². The van der Waals surface area contributed by atoms with Gasteiger partial charge in [-0.25, -0.2) is 14.8 Å². The standard InChI is InChI=1S/C7H5ClN4O2S/c1-14-5(13)7(9-3-10-12-7)4-2-15-6(8)11-4/h2-3H,1H3. The molecule has 1 atom stereocenters. The third-order valence-corrected chi connectivity index (χ3v) is 2.78. The van der Waals surface area contributed by atoms with Crippen LogP contribution in [0.25, 0.3) is 0 Å². The number of aliphatic imine (C=N–C) groups is 1. The number of aromatic nitrogens is 1. The van der Waals surface area contributed by atoms with E-state index >= 15 is 0 Å². The number of hydrogen-bond acceptors (Lipinski definition) is 7. The number of carbonyl (C=O) groups excluding carboxylic acids is 1. The van der Waals surface area contributed by atoms with Crippen molar-refractivity contribution in [1.29, 1.82) is 0 Å². The first kappa shape index (κ1) is 10.2. The molecule has 0 bridgehead atoms. The summed E-state index contributed by atoms with van der Waals surface area (Å²) in [5.74, 6) is -0.637. The summed E-state index contributed by atoms with van der Waals surface area (Å²) in [6, 6.07) is 0. The molecule has 2 rings (SSSR count). The van der Waals surface area contributed by atoms with Crippen LogP contribution < -0.4 is 0 Å². The Kier molecular flexibility index (Phi) is 2.49. The van der Waals surface area contributed by atoms with Crippen molar-refractivity contribution in [3.63, 3.8) is 0 Å². The number of thiazole rings is 1. The molecular formula is C7H5ClN4O2S. The monoisotopic (exact) mass is 244 g/mol. The largest absolute Gasteiger partial charge is 0.465 e. The van der Waals surface area contributed by atoms with Gasteiger partial charge in [0.25, 0.3) is 0 Å². The van der Waals surface area contributed by atoms with Crippen molar-refractivity contribution < 1.29 is 9.53 Å². The van der Waals surface area contributed by atoms with Crippen LogP contribution in [0.15, 0.2) is 20.6 Å². The third-order valence-electron chi connectivity index (χ3n) is 1.80. The molecule has 2 heterocycles. The molecule has 0 N–H and O–H groups in total. The van der Waals surface area contributed by atoms with E-state index in [2.05, 4.69) is 24.9 Å². The zero-order valence-electron chi connectivity index (χ0n) is 7.55. The molecule has 0 aromatic carbocycles. The lowest BCUT2D eigenvalue weighted by Gasteiger charge is -2.15. The maximum Gasteiger partial charge on any atom is 0.365 e. The van der Waals surface area contributed by atoms with Crippen molar-refractivity contribution in [1.82, 2.24) is 4.98 Å². The van der Waals surface area contributed by atoms with Gasteiger partial charge in [-0.05, 0) is 0 Å². The molecule has 1 unspecified atom stereocenters. The van der Waals surface area contributed by atoms with E-state index in [1.165, 1.54) is 24.8 Å². The minimum absolute atomic E-state index is 0.311. The second-order valence-electron chi connectivity index (χ2n) is 2.61. The van der Waals surface area contributed by atoms with Crippen LogP contribution >= 0.6 is 22.9 Å². The van der Waals surface area contributed by atoms with Gasteiger partial charge in [0.15, 0.2) is 4.47 Å². The zero-order chi connectivity index (χ0) is 10.9. The van der Waals surface area contributed by atoms with E-state index in [0.717, 1.165) is 0 Å². The SMILES string of the molecule is COC(=O)C1(c2csc(Cl)n2)N=CN=N1. The molecule has 0 saturated heterocycles. The van der Waals surface area contributed by atoms with E-state index in [1.807, 2.05) is 0 Å². The zero-order valence-corrected chi connectivity index (χ0v) is 9.12. The van der Waals surface area contributed by atoms with E-state index in [1.54, 1.807) is 5.38 Å². The Morgan fingerprint density at radius 3 is 2.93 bits per heavy atom. The van der Waals surface area contributed by atoms with Crippen LogP contribution in [0, 0.1) is 0 Å². The van der Waals surface area contributed by atoms with Crippen molar-refractivity contribution in [2.24, 2.45) is 15.2 Å². The normalized spacial score (nSPS) is 23.3. The first-order valence-electron chi connectivity index (χ1n) is 3.84. The quantitative estimate of drug-likeness (QED) is 0.742. The van der Waals surface area contributed by atoms with Gasteiger partial charge in [0.2, 0.25) is 0 Å². The van der Waals surface area contributed by atoms with Crippen molar-refractivity contribution in [2.75, 3.05) is 7.11 Å². The summed E-state index contributed by atoms with van der Waals surface area (Å²) in [4.78, 5) is 19.4. The summed E-state index contributed by atoms with van der Waals surface area (Å²) in [7, 11) is 1.25. The Morgan fingerprint density at radius 1 is 1.67 bits per heavy atom. The van der Waals surface area contributed by atoms with Gasteiger partial charge in [-0.1, -0.05) is 11.6 Å². The number of esters is 1. The average Bonchev–Trinajstić information content (AvgIpc) is 2.85. The topological polar surface area (TPSA) is 76.3 Å². The maximum absolute atomic E-state index is 11.6. The molecule has 0 spiro atoms. The highest BCUT2D eigenvalue weighted by Crippen LogP contribution is 2.33. The molecule has 6 nitrogen and oxygen atoms in total. The van der Waals surface area contributed by atoms with E-state index in [9.17, 15) is 4.79 Å². The first-order chi connectivity index (χ1) is 7.19.